The van der Waals surface area contributed by atoms with Gasteiger partial charge in [0.1, 0.15) is 6.54 Å². The number of carbonyl (C=O) groups excluding carboxylic acids is 1. The van der Waals surface area contributed by atoms with Crippen LogP contribution in [0.3, 0.4) is 0 Å². The summed E-state index contributed by atoms with van der Waals surface area (Å²) in [6, 6.07) is -0.0323. The highest BCUT2D eigenvalue weighted by Crippen LogP contribution is 2.26. The number of nitrogens with one attached hydrogen (secondary N) is 1. The predicted octanol–water partition coefficient (Wildman–Crippen LogP) is 2.07. The van der Waals surface area contributed by atoms with E-state index in [1.807, 2.05) is 6.92 Å². The lowest BCUT2D eigenvalue weighted by atomic mass is 10.0. The molecule has 2 unspecified atom stereocenters. The maximum Gasteiger partial charge on any atom is 0.323 e. The van der Waals surface area contributed by atoms with Gasteiger partial charge in [-0.25, -0.2) is 4.79 Å². The van der Waals surface area contributed by atoms with Gasteiger partial charge in [-0.15, -0.1) is 0 Å². The molecule has 18 heavy (non-hydrogen) atoms. The standard InChI is InChI=1S/C13H24N2O3/c1-4-9(2)7-10(3)14-13(18)15(8-12(16)17)11-5-6-11/h9-11H,4-8H2,1-3H3,(H,14,18)(H,16,17). The normalized spacial score (nSPS) is 17.9. The van der Waals surface area contributed by atoms with E-state index in [4.69, 9.17) is 5.11 Å². The zero-order valence-corrected chi connectivity index (χ0v) is 11.5. The van der Waals surface area contributed by atoms with Gasteiger partial charge in [-0.3, -0.25) is 4.79 Å². The van der Waals surface area contributed by atoms with Crippen molar-refractivity contribution in [2.75, 3.05) is 6.54 Å². The number of aliphatic carboxylic acids is 1. The van der Waals surface area contributed by atoms with Gasteiger partial charge in [0.2, 0.25) is 0 Å². The molecule has 0 aliphatic heterocycles. The van der Waals surface area contributed by atoms with E-state index in [0.717, 1.165) is 25.7 Å². The summed E-state index contributed by atoms with van der Waals surface area (Å²) >= 11 is 0. The molecule has 1 fully saturated rings. The van der Waals surface area contributed by atoms with Gasteiger partial charge >= 0.3 is 12.0 Å². The van der Waals surface area contributed by atoms with E-state index in [9.17, 15) is 9.59 Å². The van der Waals surface area contributed by atoms with Crippen LogP contribution in [0, 0.1) is 5.92 Å². The van der Waals surface area contributed by atoms with Gasteiger partial charge in [0, 0.05) is 12.1 Å². The van der Waals surface area contributed by atoms with Gasteiger partial charge < -0.3 is 15.3 Å². The Kier molecular flexibility index (Phi) is 5.44. The van der Waals surface area contributed by atoms with Crippen LogP contribution >= 0.6 is 0 Å². The molecule has 2 amide bonds. The smallest absolute Gasteiger partial charge is 0.323 e. The van der Waals surface area contributed by atoms with E-state index in [0.29, 0.717) is 5.92 Å². The average molecular weight is 256 g/mol. The molecular formula is C13H24N2O3. The lowest BCUT2D eigenvalue weighted by molar-refractivity contribution is -0.137. The number of hydrogen-bond donors (Lipinski definition) is 2. The lowest BCUT2D eigenvalue weighted by Gasteiger charge is -2.24. The molecule has 0 saturated heterocycles. The predicted molar refractivity (Wildman–Crippen MR) is 69.4 cm³/mol. The Morgan fingerprint density at radius 2 is 2.00 bits per heavy atom. The topological polar surface area (TPSA) is 69.6 Å². The van der Waals surface area contributed by atoms with Gasteiger partial charge in [0.15, 0.2) is 0 Å². The van der Waals surface area contributed by atoms with Gasteiger partial charge in [-0.05, 0) is 32.1 Å². The SMILES string of the molecule is CCC(C)CC(C)NC(=O)N(CC(=O)O)C1CC1. The summed E-state index contributed by atoms with van der Waals surface area (Å²) in [6.07, 6.45) is 3.84. The van der Waals surface area contributed by atoms with E-state index >= 15 is 0 Å². The molecule has 2 N–H and O–H groups in total. The molecule has 1 rings (SSSR count). The highest BCUT2D eigenvalue weighted by atomic mass is 16.4. The molecule has 0 aromatic carbocycles. The van der Waals surface area contributed by atoms with E-state index in [2.05, 4.69) is 19.2 Å². The fraction of sp³-hybridized carbons (Fsp3) is 0.846. The molecule has 0 spiro atoms. The second kappa shape index (κ2) is 6.61. The summed E-state index contributed by atoms with van der Waals surface area (Å²) in [7, 11) is 0. The number of hydrogen-bond acceptors (Lipinski definition) is 2. The minimum Gasteiger partial charge on any atom is -0.480 e. The van der Waals surface area contributed by atoms with Crippen molar-refractivity contribution in [3.05, 3.63) is 0 Å². The monoisotopic (exact) mass is 256 g/mol. The van der Waals surface area contributed by atoms with E-state index in [1.54, 1.807) is 0 Å². The number of carboxylic acid groups (broad SMARTS) is 1. The van der Waals surface area contributed by atoms with Crippen LogP contribution in [0.1, 0.15) is 46.5 Å². The molecule has 2 atom stereocenters. The van der Waals surface area contributed by atoms with Crippen molar-refractivity contribution in [2.45, 2.75) is 58.5 Å². The first-order chi connectivity index (χ1) is 8.43. The first-order valence-corrected chi connectivity index (χ1v) is 6.73. The zero-order valence-electron chi connectivity index (χ0n) is 11.5. The third-order valence-electron chi connectivity index (χ3n) is 3.38. The second-order valence-electron chi connectivity index (χ2n) is 5.35. The van der Waals surface area contributed by atoms with Crippen LogP contribution in [0.4, 0.5) is 4.79 Å². The summed E-state index contributed by atoms with van der Waals surface area (Å²) in [6.45, 7) is 6.04. The van der Waals surface area contributed by atoms with Crippen LogP contribution in [0.2, 0.25) is 0 Å². The van der Waals surface area contributed by atoms with E-state index in [1.165, 1.54) is 4.90 Å². The summed E-state index contributed by atoms with van der Waals surface area (Å²) in [5.74, 6) is -0.388. The van der Waals surface area contributed by atoms with Crippen molar-refractivity contribution in [1.29, 1.82) is 0 Å². The van der Waals surface area contributed by atoms with Crippen molar-refractivity contribution in [2.24, 2.45) is 5.92 Å². The Hall–Kier alpha value is -1.26. The fourth-order valence-corrected chi connectivity index (χ4v) is 2.02. The van der Waals surface area contributed by atoms with Crippen LogP contribution in [0.5, 0.6) is 0 Å². The molecule has 5 nitrogen and oxygen atoms in total. The highest BCUT2D eigenvalue weighted by Gasteiger charge is 2.34. The minimum absolute atomic E-state index is 0.0856. The van der Waals surface area contributed by atoms with Crippen LogP contribution in [-0.4, -0.2) is 40.6 Å². The lowest BCUT2D eigenvalue weighted by Crippen LogP contribution is -2.47. The van der Waals surface area contributed by atoms with Crippen LogP contribution in [-0.2, 0) is 4.79 Å². The fourth-order valence-electron chi connectivity index (χ4n) is 2.02. The third kappa shape index (κ3) is 4.94. The molecule has 0 radical (unpaired) electrons. The summed E-state index contributed by atoms with van der Waals surface area (Å²) in [5, 5.41) is 11.7. The number of amides is 2. The summed E-state index contributed by atoms with van der Waals surface area (Å²) in [4.78, 5) is 24.2. The Labute approximate surface area is 109 Å². The first kappa shape index (κ1) is 14.8. The summed E-state index contributed by atoms with van der Waals surface area (Å²) in [5.41, 5.74) is 0. The Morgan fingerprint density at radius 3 is 2.44 bits per heavy atom. The van der Waals surface area contributed by atoms with Crippen molar-refractivity contribution < 1.29 is 14.7 Å². The molecule has 0 aromatic heterocycles. The maximum atomic E-state index is 12.0. The molecule has 0 heterocycles. The number of carbonyl (C=O) groups is 2. The number of urea groups is 1. The van der Waals surface area contributed by atoms with Gasteiger partial charge in [-0.1, -0.05) is 20.3 Å². The minimum atomic E-state index is -0.952. The largest absolute Gasteiger partial charge is 0.480 e. The quantitative estimate of drug-likeness (QED) is 0.732. The molecule has 1 aliphatic carbocycles. The third-order valence-corrected chi connectivity index (χ3v) is 3.38. The number of rotatable bonds is 7. The number of carboxylic acids is 1. The molecule has 5 heteroatoms. The van der Waals surface area contributed by atoms with Crippen molar-refractivity contribution in [1.82, 2.24) is 10.2 Å². The van der Waals surface area contributed by atoms with Crippen LogP contribution in [0.15, 0.2) is 0 Å². The van der Waals surface area contributed by atoms with Crippen molar-refractivity contribution in [3.63, 3.8) is 0 Å². The molecule has 0 aromatic rings. The van der Waals surface area contributed by atoms with Crippen molar-refractivity contribution >= 4 is 12.0 Å². The van der Waals surface area contributed by atoms with E-state index < -0.39 is 5.97 Å². The average Bonchev–Trinajstić information content (AvgIpc) is 3.08. The summed E-state index contributed by atoms with van der Waals surface area (Å²) < 4.78 is 0. The molecule has 1 aliphatic rings. The maximum absolute atomic E-state index is 12.0. The van der Waals surface area contributed by atoms with Gasteiger partial charge in [-0.2, -0.15) is 0 Å². The molecule has 1 saturated carbocycles. The Bertz CT molecular complexity index is 303. The van der Waals surface area contributed by atoms with Crippen LogP contribution < -0.4 is 5.32 Å². The molecule has 0 bridgehead atoms. The molecule has 104 valence electrons. The van der Waals surface area contributed by atoms with Gasteiger partial charge in [0.05, 0.1) is 0 Å². The number of nitrogens with zero attached hydrogens (tertiary/aromatic N) is 1. The Morgan fingerprint density at radius 1 is 1.39 bits per heavy atom. The van der Waals surface area contributed by atoms with Crippen molar-refractivity contribution in [3.8, 4) is 0 Å². The molecular weight excluding hydrogens is 232 g/mol. The van der Waals surface area contributed by atoms with E-state index in [-0.39, 0.29) is 24.7 Å². The second-order valence-corrected chi connectivity index (χ2v) is 5.35. The first-order valence-electron chi connectivity index (χ1n) is 6.73. The highest BCUT2D eigenvalue weighted by molar-refractivity contribution is 5.80. The Balaban J connectivity index is 2.43. The van der Waals surface area contributed by atoms with Gasteiger partial charge in [0.25, 0.3) is 0 Å². The zero-order chi connectivity index (χ0) is 13.7. The van der Waals surface area contributed by atoms with Crippen LogP contribution in [0.25, 0.3) is 0 Å².